The molecule has 3 rings (SSSR count). The Labute approximate surface area is 142 Å². The van der Waals surface area contributed by atoms with E-state index in [0.29, 0.717) is 24.8 Å². The van der Waals surface area contributed by atoms with E-state index in [1.165, 1.54) is 0 Å². The van der Waals surface area contributed by atoms with Crippen LogP contribution in [0.15, 0.2) is 28.8 Å². The number of carbonyl (C=O) groups excluding carboxylic acids is 1. The number of amides is 1. The molecule has 0 bridgehead atoms. The minimum Gasteiger partial charge on any atom is -0.353 e. The van der Waals surface area contributed by atoms with E-state index >= 15 is 0 Å². The van der Waals surface area contributed by atoms with Gasteiger partial charge in [0.15, 0.2) is 5.82 Å². The highest BCUT2D eigenvalue weighted by Crippen LogP contribution is 2.28. The van der Waals surface area contributed by atoms with Crippen molar-refractivity contribution < 1.29 is 9.32 Å². The van der Waals surface area contributed by atoms with Crippen molar-refractivity contribution in [3.05, 3.63) is 47.1 Å². The van der Waals surface area contributed by atoms with E-state index in [9.17, 15) is 4.79 Å². The molecule has 1 aliphatic rings. The Morgan fingerprint density at radius 2 is 2.08 bits per heavy atom. The molecule has 24 heavy (non-hydrogen) atoms. The smallest absolute Gasteiger partial charge is 0.242 e. The van der Waals surface area contributed by atoms with Gasteiger partial charge in [0.05, 0.1) is 6.54 Å². The van der Waals surface area contributed by atoms with E-state index in [1.54, 1.807) is 0 Å². The van der Waals surface area contributed by atoms with E-state index < -0.39 is 0 Å². The van der Waals surface area contributed by atoms with Crippen LogP contribution in [0.1, 0.15) is 49.7 Å². The molecule has 1 N–H and O–H groups in total. The number of nitrogens with one attached hydrogen (secondary N) is 1. The maximum Gasteiger partial charge on any atom is 0.242 e. The summed E-state index contributed by atoms with van der Waals surface area (Å²) in [5.41, 5.74) is 1.96. The number of hydrogen-bond acceptors (Lipinski definition) is 5. The van der Waals surface area contributed by atoms with Crippen LogP contribution in [0.3, 0.4) is 0 Å². The van der Waals surface area contributed by atoms with Crippen LogP contribution in [0, 0.1) is 6.92 Å². The first-order valence-electron chi connectivity index (χ1n) is 8.26. The summed E-state index contributed by atoms with van der Waals surface area (Å²) in [7, 11) is 0. The Balaban J connectivity index is 1.86. The number of rotatable bonds is 3. The number of aromatic nitrogens is 2. The van der Waals surface area contributed by atoms with E-state index in [-0.39, 0.29) is 17.4 Å². The third-order valence-corrected chi connectivity index (χ3v) is 4.27. The van der Waals surface area contributed by atoms with Crippen molar-refractivity contribution in [1.29, 1.82) is 0 Å². The summed E-state index contributed by atoms with van der Waals surface area (Å²) < 4.78 is 5.41. The molecule has 0 aliphatic carbocycles. The minimum absolute atomic E-state index is 0.0195. The summed E-state index contributed by atoms with van der Waals surface area (Å²) in [5.74, 6) is 1.26. The van der Waals surface area contributed by atoms with Crippen molar-refractivity contribution in [3.63, 3.8) is 0 Å². The molecule has 1 aromatic carbocycles. The van der Waals surface area contributed by atoms with Gasteiger partial charge in [-0.2, -0.15) is 4.98 Å². The summed E-state index contributed by atoms with van der Waals surface area (Å²) in [6.07, 6.45) is 0. The van der Waals surface area contributed by atoms with Gasteiger partial charge in [0.25, 0.3) is 0 Å². The second-order valence-corrected chi connectivity index (χ2v) is 7.28. The predicted octanol–water partition coefficient (Wildman–Crippen LogP) is 2.35. The molecule has 1 aromatic heterocycles. The molecule has 0 saturated carbocycles. The monoisotopic (exact) mass is 328 g/mol. The third-order valence-electron chi connectivity index (χ3n) is 4.27. The van der Waals surface area contributed by atoms with Crippen molar-refractivity contribution in [2.75, 3.05) is 13.1 Å². The minimum atomic E-state index is -0.329. The number of carbonyl (C=O) groups is 1. The molecule has 6 nitrogen and oxygen atoms in total. The van der Waals surface area contributed by atoms with Gasteiger partial charge in [0.2, 0.25) is 11.8 Å². The predicted molar refractivity (Wildman–Crippen MR) is 90.3 cm³/mol. The lowest BCUT2D eigenvalue weighted by atomic mass is 9.96. The first-order chi connectivity index (χ1) is 11.4. The number of aryl methyl sites for hydroxylation is 1. The van der Waals surface area contributed by atoms with Crippen LogP contribution in [0.25, 0.3) is 0 Å². The highest BCUT2D eigenvalue weighted by Gasteiger charge is 2.33. The summed E-state index contributed by atoms with van der Waals surface area (Å²) in [6, 6.07) is 7.65. The molecule has 1 aliphatic heterocycles. The lowest BCUT2D eigenvalue weighted by Gasteiger charge is -2.34. The third kappa shape index (κ3) is 3.33. The second kappa shape index (κ2) is 6.36. The number of benzene rings is 1. The number of nitrogens with zero attached hydrogens (tertiary/aromatic N) is 3. The van der Waals surface area contributed by atoms with Gasteiger partial charge in [0, 0.05) is 18.5 Å². The molecule has 1 amide bonds. The Bertz CT molecular complexity index is 733. The molecule has 1 fully saturated rings. The van der Waals surface area contributed by atoms with Gasteiger partial charge in [-0.15, -0.1) is 0 Å². The summed E-state index contributed by atoms with van der Waals surface area (Å²) in [5, 5.41) is 7.03. The van der Waals surface area contributed by atoms with E-state index in [1.807, 2.05) is 52.0 Å². The molecule has 1 saturated heterocycles. The molecule has 2 aromatic rings. The Hall–Kier alpha value is -2.21. The summed E-state index contributed by atoms with van der Waals surface area (Å²) >= 11 is 0. The van der Waals surface area contributed by atoms with E-state index in [0.717, 1.165) is 17.7 Å². The first-order valence-corrected chi connectivity index (χ1v) is 8.26. The fraction of sp³-hybridized carbons (Fsp3) is 0.500. The van der Waals surface area contributed by atoms with Crippen LogP contribution in [0.4, 0.5) is 0 Å². The van der Waals surface area contributed by atoms with Crippen LogP contribution < -0.4 is 5.32 Å². The summed E-state index contributed by atoms with van der Waals surface area (Å²) in [4.78, 5) is 19.1. The van der Waals surface area contributed by atoms with Crippen LogP contribution in [-0.4, -0.2) is 34.0 Å². The van der Waals surface area contributed by atoms with Crippen LogP contribution in [-0.2, 0) is 16.8 Å². The highest BCUT2D eigenvalue weighted by atomic mass is 16.5. The Morgan fingerprint density at radius 3 is 2.75 bits per heavy atom. The van der Waals surface area contributed by atoms with Gasteiger partial charge >= 0.3 is 0 Å². The van der Waals surface area contributed by atoms with Crippen molar-refractivity contribution in [2.24, 2.45) is 0 Å². The quantitative estimate of drug-likeness (QED) is 0.936. The number of hydrogen-bond donors (Lipinski definition) is 1. The second-order valence-electron chi connectivity index (χ2n) is 7.28. The highest BCUT2D eigenvalue weighted by molar-refractivity contribution is 5.84. The molecule has 0 radical (unpaired) electrons. The zero-order chi connectivity index (χ0) is 17.3. The normalized spacial score (nSPS) is 19.3. The lowest BCUT2D eigenvalue weighted by molar-refractivity contribution is -0.129. The van der Waals surface area contributed by atoms with Crippen LogP contribution in [0.2, 0.25) is 0 Å². The molecular formula is C18H24N4O2. The maximum atomic E-state index is 12.5. The largest absolute Gasteiger partial charge is 0.353 e. The van der Waals surface area contributed by atoms with Gasteiger partial charge in [-0.1, -0.05) is 50.2 Å². The SMILES string of the molecule is Cc1ccccc1[C@H]1C(=O)NCCN1Cc1nc(C(C)(C)C)no1. The zero-order valence-corrected chi connectivity index (χ0v) is 14.7. The zero-order valence-electron chi connectivity index (χ0n) is 14.7. The lowest BCUT2D eigenvalue weighted by Crippen LogP contribution is -2.49. The van der Waals surface area contributed by atoms with Crippen molar-refractivity contribution in [1.82, 2.24) is 20.4 Å². The molecule has 2 heterocycles. The fourth-order valence-electron chi connectivity index (χ4n) is 2.91. The van der Waals surface area contributed by atoms with E-state index in [2.05, 4.69) is 20.4 Å². The molecule has 128 valence electrons. The van der Waals surface area contributed by atoms with Gasteiger partial charge < -0.3 is 9.84 Å². The molecule has 0 spiro atoms. The van der Waals surface area contributed by atoms with Crippen molar-refractivity contribution >= 4 is 5.91 Å². The average Bonchev–Trinajstić information content (AvgIpc) is 2.98. The molecule has 6 heteroatoms. The maximum absolute atomic E-state index is 12.5. The number of piperazine rings is 1. The van der Waals surface area contributed by atoms with Gasteiger partial charge in [-0.05, 0) is 18.1 Å². The van der Waals surface area contributed by atoms with Crippen LogP contribution in [0.5, 0.6) is 0 Å². The molecular weight excluding hydrogens is 304 g/mol. The van der Waals surface area contributed by atoms with Crippen molar-refractivity contribution in [2.45, 2.75) is 45.7 Å². The van der Waals surface area contributed by atoms with Crippen molar-refractivity contribution in [3.8, 4) is 0 Å². The topological polar surface area (TPSA) is 71.3 Å². The van der Waals surface area contributed by atoms with Gasteiger partial charge in [0.1, 0.15) is 6.04 Å². The first kappa shape index (κ1) is 16.6. The van der Waals surface area contributed by atoms with Crippen LogP contribution >= 0.6 is 0 Å². The van der Waals surface area contributed by atoms with Gasteiger partial charge in [-0.3, -0.25) is 9.69 Å². The Kier molecular flexibility index (Phi) is 4.41. The summed E-state index contributed by atoms with van der Waals surface area (Å²) in [6.45, 7) is 10.0. The van der Waals surface area contributed by atoms with Gasteiger partial charge in [-0.25, -0.2) is 0 Å². The molecule has 0 unspecified atom stereocenters. The average molecular weight is 328 g/mol. The van der Waals surface area contributed by atoms with E-state index in [4.69, 9.17) is 4.52 Å². The Morgan fingerprint density at radius 1 is 1.33 bits per heavy atom. The fourth-order valence-corrected chi connectivity index (χ4v) is 2.91. The molecule has 1 atom stereocenters. The standard InChI is InChI=1S/C18H24N4O2/c1-12-7-5-6-8-13(12)15-16(23)19-9-10-22(15)11-14-20-17(21-24-14)18(2,3)4/h5-8,15H,9-11H2,1-4H3,(H,19,23)/t15-/m0/s1.